The van der Waals surface area contributed by atoms with E-state index in [0.717, 1.165) is 34.8 Å². The average Bonchev–Trinajstić information content (AvgIpc) is 3.16. The molecule has 31 heavy (non-hydrogen) atoms. The minimum atomic E-state index is -0.581. The molecule has 2 aromatic carbocycles. The number of benzene rings is 2. The standard InChI is InChI=1S/C23H23BrN5O2/c1-15-12-27(18-6-4-3-5-7-18)22-25-20-19(28(22)13-15)21(30)29(23(31)26(20)2)14-16-8-10-17(24)11-9-16/h3-11,15,19H,12-14H2,1-2H3/q+1. The largest absolute Gasteiger partial charge is 0.397 e. The lowest BCUT2D eigenvalue weighted by Crippen LogP contribution is -2.63. The van der Waals surface area contributed by atoms with Gasteiger partial charge >= 0.3 is 12.0 Å². The number of urea groups is 1. The molecule has 1 fully saturated rings. The van der Waals surface area contributed by atoms with Gasteiger partial charge in [0.1, 0.15) is 5.69 Å². The molecule has 2 atom stereocenters. The highest BCUT2D eigenvalue weighted by atomic mass is 79.9. The Kier molecular flexibility index (Phi) is 4.89. The minimum absolute atomic E-state index is 0.220. The van der Waals surface area contributed by atoms with Crippen LogP contribution in [-0.2, 0) is 11.3 Å². The van der Waals surface area contributed by atoms with Gasteiger partial charge in [0.2, 0.25) is 11.9 Å². The summed E-state index contributed by atoms with van der Waals surface area (Å²) in [5.74, 6) is 1.37. The molecule has 3 heterocycles. The van der Waals surface area contributed by atoms with Crippen molar-refractivity contribution >= 4 is 45.4 Å². The Hall–Kier alpha value is -3.00. The van der Waals surface area contributed by atoms with Gasteiger partial charge in [-0.3, -0.25) is 14.6 Å². The zero-order valence-corrected chi connectivity index (χ0v) is 19.0. The smallest absolute Gasteiger partial charge is 0.270 e. The third kappa shape index (κ3) is 3.35. The number of fused-ring (bicyclic) bond motifs is 2. The van der Waals surface area contributed by atoms with Crippen LogP contribution in [0.4, 0.5) is 10.5 Å². The molecule has 0 aliphatic carbocycles. The molecule has 3 aliphatic rings. The maximum Gasteiger partial charge on any atom is 0.397 e. The van der Waals surface area contributed by atoms with Crippen molar-refractivity contribution in [1.82, 2.24) is 9.80 Å². The Morgan fingerprint density at radius 3 is 2.52 bits per heavy atom. The predicted octanol–water partition coefficient (Wildman–Crippen LogP) is 3.15. The van der Waals surface area contributed by atoms with Crippen molar-refractivity contribution in [2.24, 2.45) is 10.9 Å². The predicted molar refractivity (Wildman–Crippen MR) is 122 cm³/mol. The molecule has 1 saturated heterocycles. The molecule has 2 unspecified atom stereocenters. The van der Waals surface area contributed by atoms with Crippen molar-refractivity contribution in [2.45, 2.75) is 19.5 Å². The van der Waals surface area contributed by atoms with E-state index in [1.54, 1.807) is 7.05 Å². The number of guanidine groups is 1. The number of para-hydroxylation sites is 1. The lowest BCUT2D eigenvalue weighted by Gasteiger charge is -2.35. The monoisotopic (exact) mass is 480 g/mol. The fraction of sp³-hybridized carbons (Fsp3) is 0.304. The van der Waals surface area contributed by atoms with Gasteiger partial charge in [-0.2, -0.15) is 0 Å². The number of carbonyl (C=O) groups excluding carboxylic acids is 2. The maximum absolute atomic E-state index is 13.6. The van der Waals surface area contributed by atoms with E-state index in [1.165, 1.54) is 9.80 Å². The number of anilines is 1. The van der Waals surface area contributed by atoms with Crippen LogP contribution in [0.15, 0.2) is 64.1 Å². The van der Waals surface area contributed by atoms with Gasteiger partial charge in [0.25, 0.3) is 5.91 Å². The van der Waals surface area contributed by atoms with E-state index < -0.39 is 6.04 Å². The second kappa shape index (κ2) is 7.60. The van der Waals surface area contributed by atoms with Crippen LogP contribution in [0.2, 0.25) is 0 Å². The van der Waals surface area contributed by atoms with Crippen LogP contribution in [0.1, 0.15) is 12.5 Å². The van der Waals surface area contributed by atoms with Gasteiger partial charge in [0.15, 0.2) is 0 Å². The molecule has 0 bridgehead atoms. The lowest BCUT2D eigenvalue weighted by molar-refractivity contribution is -0.545. The molecule has 8 heteroatoms. The molecule has 3 aliphatic heterocycles. The van der Waals surface area contributed by atoms with Crippen LogP contribution in [0.25, 0.3) is 0 Å². The van der Waals surface area contributed by atoms with Crippen LogP contribution in [-0.4, -0.2) is 64.3 Å². The summed E-state index contributed by atoms with van der Waals surface area (Å²) in [6.07, 6.45) is 0. The van der Waals surface area contributed by atoms with E-state index in [2.05, 4.69) is 32.3 Å². The van der Waals surface area contributed by atoms with Gasteiger partial charge in [0, 0.05) is 17.4 Å². The van der Waals surface area contributed by atoms with Crippen molar-refractivity contribution in [3.05, 3.63) is 64.6 Å². The fourth-order valence-electron chi connectivity index (χ4n) is 4.44. The Balaban J connectivity index is 1.52. The first kappa shape index (κ1) is 19.9. The van der Waals surface area contributed by atoms with Crippen LogP contribution in [0.5, 0.6) is 0 Å². The topological polar surface area (TPSA) is 59.2 Å². The highest BCUT2D eigenvalue weighted by Crippen LogP contribution is 2.28. The van der Waals surface area contributed by atoms with Crippen molar-refractivity contribution in [3.63, 3.8) is 0 Å². The number of rotatable bonds is 3. The number of amides is 3. The summed E-state index contributed by atoms with van der Waals surface area (Å²) in [5.41, 5.74) is 1.93. The zero-order chi connectivity index (χ0) is 21.7. The van der Waals surface area contributed by atoms with E-state index in [0.29, 0.717) is 11.8 Å². The minimum Gasteiger partial charge on any atom is -0.270 e. The molecular weight excluding hydrogens is 458 g/mol. The number of carbonyl (C=O) groups is 2. The lowest BCUT2D eigenvalue weighted by atomic mass is 10.1. The van der Waals surface area contributed by atoms with Crippen LogP contribution in [0, 0.1) is 5.92 Å². The molecule has 0 spiro atoms. The van der Waals surface area contributed by atoms with Gasteiger partial charge in [-0.25, -0.2) is 14.3 Å². The molecule has 2 aromatic rings. The molecule has 0 aromatic heterocycles. The number of hydrogen-bond acceptors (Lipinski definition) is 4. The number of likely N-dealkylation sites (N-methyl/N-ethyl adjacent to an activating group) is 1. The van der Waals surface area contributed by atoms with E-state index in [1.807, 2.05) is 54.6 Å². The maximum atomic E-state index is 13.6. The van der Waals surface area contributed by atoms with Gasteiger partial charge in [-0.1, -0.05) is 58.2 Å². The van der Waals surface area contributed by atoms with Crippen molar-refractivity contribution in [1.29, 1.82) is 0 Å². The normalized spacial score (nSPS) is 23.2. The van der Waals surface area contributed by atoms with Crippen molar-refractivity contribution < 1.29 is 14.2 Å². The first-order chi connectivity index (χ1) is 14.9. The van der Waals surface area contributed by atoms with E-state index in [-0.39, 0.29) is 18.5 Å². The molecule has 0 N–H and O–H groups in total. The zero-order valence-electron chi connectivity index (χ0n) is 17.4. The molecule has 0 radical (unpaired) electrons. The summed E-state index contributed by atoms with van der Waals surface area (Å²) in [5, 5.41) is 0. The highest BCUT2D eigenvalue weighted by Gasteiger charge is 2.55. The van der Waals surface area contributed by atoms with Crippen LogP contribution in [0.3, 0.4) is 0 Å². The Morgan fingerprint density at radius 1 is 1.10 bits per heavy atom. The van der Waals surface area contributed by atoms with Crippen molar-refractivity contribution in [3.8, 4) is 0 Å². The third-order valence-electron chi connectivity index (χ3n) is 5.95. The summed E-state index contributed by atoms with van der Waals surface area (Å²) in [6, 6.07) is 16.8. The Morgan fingerprint density at radius 2 is 1.81 bits per heavy atom. The number of nitrogens with zero attached hydrogens (tertiary/aromatic N) is 5. The number of hydrogen-bond donors (Lipinski definition) is 0. The number of aliphatic imine (C=N–C) groups is 1. The summed E-state index contributed by atoms with van der Waals surface area (Å²) in [4.78, 5) is 36.4. The second-order valence-electron chi connectivity index (χ2n) is 8.27. The molecule has 158 valence electrons. The second-order valence-corrected chi connectivity index (χ2v) is 9.18. The van der Waals surface area contributed by atoms with Gasteiger partial charge in [0.05, 0.1) is 19.6 Å². The SMILES string of the molecule is CC1CN(c2ccccc2)C2=[N+](C1)C1C(=O)N(Cc3ccc(Br)cc3)C(=O)N(C)C1=N2. The van der Waals surface area contributed by atoms with Gasteiger partial charge in [-0.05, 0) is 29.8 Å². The molecule has 0 saturated carbocycles. The van der Waals surface area contributed by atoms with E-state index >= 15 is 0 Å². The molecular formula is C23H23BrN5O2+. The molecule has 5 rings (SSSR count). The van der Waals surface area contributed by atoms with Crippen LogP contribution < -0.4 is 4.90 Å². The van der Waals surface area contributed by atoms with Gasteiger partial charge < -0.3 is 0 Å². The third-order valence-corrected chi connectivity index (χ3v) is 6.48. The van der Waals surface area contributed by atoms with Gasteiger partial charge in [-0.15, -0.1) is 0 Å². The number of amidine groups is 1. The van der Waals surface area contributed by atoms with Crippen molar-refractivity contribution in [2.75, 3.05) is 25.0 Å². The summed E-state index contributed by atoms with van der Waals surface area (Å²) < 4.78 is 3.01. The quantitative estimate of drug-likeness (QED) is 0.634. The summed E-state index contributed by atoms with van der Waals surface area (Å²) >= 11 is 3.42. The average molecular weight is 481 g/mol. The number of halogens is 1. The van der Waals surface area contributed by atoms with E-state index in [9.17, 15) is 9.59 Å². The van der Waals surface area contributed by atoms with Crippen LogP contribution >= 0.6 is 15.9 Å². The fourth-order valence-corrected chi connectivity index (χ4v) is 4.71. The molecule has 3 amide bonds. The summed E-state index contributed by atoms with van der Waals surface area (Å²) in [6.45, 7) is 3.94. The highest BCUT2D eigenvalue weighted by molar-refractivity contribution is 9.10. The first-order valence-corrected chi connectivity index (χ1v) is 11.1. The molecule has 7 nitrogen and oxygen atoms in total. The number of imide groups is 1. The Labute approximate surface area is 189 Å². The first-order valence-electron chi connectivity index (χ1n) is 10.3. The Bertz CT molecular complexity index is 1110. The summed E-state index contributed by atoms with van der Waals surface area (Å²) in [7, 11) is 1.70. The van der Waals surface area contributed by atoms with E-state index in [4.69, 9.17) is 4.99 Å².